The van der Waals surface area contributed by atoms with Crippen molar-refractivity contribution in [3.05, 3.63) is 12.4 Å². The highest BCUT2D eigenvalue weighted by atomic mass is 16.2. The number of nitrogens with zero attached hydrogens (tertiary/aromatic N) is 3. The average Bonchev–Trinajstić information content (AvgIpc) is 2.66. The maximum absolute atomic E-state index is 11.9. The van der Waals surface area contributed by atoms with Crippen LogP contribution in [0.5, 0.6) is 0 Å². The predicted molar refractivity (Wildman–Crippen MR) is 64.1 cm³/mol. The third-order valence-corrected chi connectivity index (χ3v) is 3.43. The first-order valence-corrected chi connectivity index (χ1v) is 6.31. The fourth-order valence-corrected chi connectivity index (χ4v) is 1.91. The van der Waals surface area contributed by atoms with Crippen molar-refractivity contribution in [2.75, 3.05) is 0 Å². The smallest absolute Gasteiger partial charge is 0.223 e. The highest BCUT2D eigenvalue weighted by Gasteiger charge is 2.27. The monoisotopic (exact) mass is 236 g/mol. The Labute approximate surface area is 102 Å². The zero-order chi connectivity index (χ0) is 12.3. The van der Waals surface area contributed by atoms with Crippen LogP contribution in [0.4, 0.5) is 0 Å². The molecule has 1 unspecified atom stereocenters. The van der Waals surface area contributed by atoms with Gasteiger partial charge in [-0.25, -0.2) is 0 Å². The summed E-state index contributed by atoms with van der Waals surface area (Å²) in [6.45, 7) is 4.85. The van der Waals surface area contributed by atoms with Crippen LogP contribution >= 0.6 is 0 Å². The zero-order valence-corrected chi connectivity index (χ0v) is 10.5. The van der Waals surface area contributed by atoms with Gasteiger partial charge in [0, 0.05) is 5.92 Å². The minimum absolute atomic E-state index is 0.107. The molecule has 0 aromatic carbocycles. The van der Waals surface area contributed by atoms with Gasteiger partial charge >= 0.3 is 0 Å². The van der Waals surface area contributed by atoms with Crippen LogP contribution in [0, 0.1) is 11.8 Å². The molecule has 1 N–H and O–H groups in total. The summed E-state index contributed by atoms with van der Waals surface area (Å²) in [6.07, 6.45) is 6.58. The number of nitrogens with one attached hydrogen (secondary N) is 1. The molecule has 94 valence electrons. The van der Waals surface area contributed by atoms with E-state index in [1.165, 1.54) is 6.42 Å². The maximum atomic E-state index is 11.9. The Bertz CT molecular complexity index is 357. The molecule has 0 spiro atoms. The molecule has 0 saturated heterocycles. The topological polar surface area (TPSA) is 59.8 Å². The lowest BCUT2D eigenvalue weighted by Crippen LogP contribution is -2.45. The lowest BCUT2D eigenvalue weighted by atomic mass is 9.84. The van der Waals surface area contributed by atoms with Gasteiger partial charge in [-0.3, -0.25) is 4.79 Å². The molecule has 17 heavy (non-hydrogen) atoms. The molecule has 0 bridgehead atoms. The Morgan fingerprint density at radius 1 is 1.41 bits per heavy atom. The van der Waals surface area contributed by atoms with Crippen LogP contribution in [0.25, 0.3) is 0 Å². The third-order valence-electron chi connectivity index (χ3n) is 3.43. The largest absolute Gasteiger partial charge is 0.351 e. The summed E-state index contributed by atoms with van der Waals surface area (Å²) in [5, 5.41) is 11.3. The van der Waals surface area contributed by atoms with E-state index in [4.69, 9.17) is 0 Å². The quantitative estimate of drug-likeness (QED) is 0.836. The fourth-order valence-electron chi connectivity index (χ4n) is 1.91. The molecule has 1 aromatic rings. The van der Waals surface area contributed by atoms with Crippen LogP contribution in [-0.2, 0) is 11.3 Å². The number of hydrogen-bond donors (Lipinski definition) is 1. The van der Waals surface area contributed by atoms with Gasteiger partial charge in [-0.15, -0.1) is 0 Å². The molecule has 1 amide bonds. The minimum Gasteiger partial charge on any atom is -0.351 e. The molecule has 1 atom stereocenters. The third kappa shape index (κ3) is 3.05. The molecule has 1 heterocycles. The fraction of sp³-hybridized carbons (Fsp3) is 0.750. The highest BCUT2D eigenvalue weighted by Crippen LogP contribution is 2.26. The van der Waals surface area contributed by atoms with Crippen LogP contribution in [0.2, 0.25) is 0 Å². The molecule has 5 nitrogen and oxygen atoms in total. The second-order valence-electron chi connectivity index (χ2n) is 5.07. The first-order valence-electron chi connectivity index (χ1n) is 6.31. The average molecular weight is 236 g/mol. The molecule has 1 aliphatic carbocycles. The molecule has 1 saturated carbocycles. The highest BCUT2D eigenvalue weighted by molar-refractivity contribution is 5.79. The van der Waals surface area contributed by atoms with E-state index in [-0.39, 0.29) is 17.9 Å². The van der Waals surface area contributed by atoms with Crippen molar-refractivity contribution in [3.8, 4) is 0 Å². The van der Waals surface area contributed by atoms with E-state index >= 15 is 0 Å². The van der Waals surface area contributed by atoms with Gasteiger partial charge in [0.25, 0.3) is 0 Å². The summed E-state index contributed by atoms with van der Waals surface area (Å²) in [7, 11) is 0. The van der Waals surface area contributed by atoms with E-state index in [0.29, 0.717) is 12.5 Å². The van der Waals surface area contributed by atoms with Crippen molar-refractivity contribution in [3.63, 3.8) is 0 Å². The van der Waals surface area contributed by atoms with Crippen LogP contribution in [-0.4, -0.2) is 26.9 Å². The molecule has 0 radical (unpaired) electrons. The van der Waals surface area contributed by atoms with E-state index in [1.54, 1.807) is 17.2 Å². The number of hydrogen-bond acceptors (Lipinski definition) is 3. The van der Waals surface area contributed by atoms with Gasteiger partial charge in [0.05, 0.1) is 25.0 Å². The van der Waals surface area contributed by atoms with Crippen molar-refractivity contribution >= 4 is 5.91 Å². The van der Waals surface area contributed by atoms with Crippen LogP contribution in [0.15, 0.2) is 12.4 Å². The molecular weight excluding hydrogens is 216 g/mol. The van der Waals surface area contributed by atoms with Gasteiger partial charge < -0.3 is 5.32 Å². The van der Waals surface area contributed by atoms with E-state index < -0.39 is 0 Å². The molecule has 2 rings (SSSR count). The Hall–Kier alpha value is -1.39. The summed E-state index contributed by atoms with van der Waals surface area (Å²) >= 11 is 0. The van der Waals surface area contributed by atoms with Crippen molar-refractivity contribution < 1.29 is 4.79 Å². The summed E-state index contributed by atoms with van der Waals surface area (Å²) in [6, 6.07) is 0.107. The summed E-state index contributed by atoms with van der Waals surface area (Å²) < 4.78 is 0. The second kappa shape index (κ2) is 5.29. The van der Waals surface area contributed by atoms with Gasteiger partial charge in [-0.05, 0) is 18.8 Å². The number of carbonyl (C=O) groups excluding carboxylic acids is 1. The molecule has 1 fully saturated rings. The molecular formula is C12H20N4O. The van der Waals surface area contributed by atoms with Crippen LogP contribution < -0.4 is 5.32 Å². The van der Waals surface area contributed by atoms with Crippen molar-refractivity contribution in [2.24, 2.45) is 11.8 Å². The summed E-state index contributed by atoms with van der Waals surface area (Å²) in [5.41, 5.74) is 0. The van der Waals surface area contributed by atoms with E-state index in [2.05, 4.69) is 29.4 Å². The van der Waals surface area contributed by atoms with Gasteiger partial charge in [0.2, 0.25) is 5.91 Å². The second-order valence-corrected chi connectivity index (χ2v) is 5.07. The Morgan fingerprint density at radius 2 is 2.06 bits per heavy atom. The normalized spacial score (nSPS) is 17.8. The predicted octanol–water partition coefficient (Wildman–Crippen LogP) is 1.22. The Balaban J connectivity index is 1.90. The number of amides is 1. The summed E-state index contributed by atoms with van der Waals surface area (Å²) in [5.74, 6) is 0.814. The summed E-state index contributed by atoms with van der Waals surface area (Å²) in [4.78, 5) is 13.5. The lowest BCUT2D eigenvalue weighted by molar-refractivity contribution is -0.128. The van der Waals surface area contributed by atoms with Crippen molar-refractivity contribution in [1.29, 1.82) is 0 Å². The zero-order valence-electron chi connectivity index (χ0n) is 10.5. The van der Waals surface area contributed by atoms with Crippen LogP contribution in [0.3, 0.4) is 0 Å². The van der Waals surface area contributed by atoms with Crippen molar-refractivity contribution in [1.82, 2.24) is 20.3 Å². The van der Waals surface area contributed by atoms with Gasteiger partial charge in [-0.1, -0.05) is 20.3 Å². The molecule has 1 aromatic heterocycles. The SMILES string of the molecule is CC(C)C(Cn1nccn1)NC(=O)C1CCC1. The number of rotatable bonds is 5. The minimum atomic E-state index is 0.107. The Morgan fingerprint density at radius 3 is 2.53 bits per heavy atom. The van der Waals surface area contributed by atoms with E-state index in [9.17, 15) is 4.79 Å². The standard InChI is InChI=1S/C12H20N4O/c1-9(2)11(8-16-13-6-7-14-16)15-12(17)10-4-3-5-10/h6-7,9-11H,3-5,8H2,1-2H3,(H,15,17). The first-order chi connectivity index (χ1) is 8.16. The van der Waals surface area contributed by atoms with Gasteiger partial charge in [-0.2, -0.15) is 15.0 Å². The lowest BCUT2D eigenvalue weighted by Gasteiger charge is -2.28. The van der Waals surface area contributed by atoms with Gasteiger partial charge in [0.1, 0.15) is 0 Å². The molecule has 1 aliphatic rings. The van der Waals surface area contributed by atoms with E-state index in [0.717, 1.165) is 12.8 Å². The Kier molecular flexibility index (Phi) is 3.76. The number of aromatic nitrogens is 3. The number of carbonyl (C=O) groups is 1. The molecule has 5 heteroatoms. The maximum Gasteiger partial charge on any atom is 0.223 e. The van der Waals surface area contributed by atoms with E-state index in [1.807, 2.05) is 0 Å². The first kappa shape index (κ1) is 12.1. The van der Waals surface area contributed by atoms with Gasteiger partial charge in [0.15, 0.2) is 0 Å². The van der Waals surface area contributed by atoms with Crippen molar-refractivity contribution in [2.45, 2.75) is 45.7 Å². The van der Waals surface area contributed by atoms with Crippen LogP contribution in [0.1, 0.15) is 33.1 Å². The molecule has 0 aliphatic heterocycles.